The van der Waals surface area contributed by atoms with E-state index in [0.29, 0.717) is 11.6 Å². The first kappa shape index (κ1) is 10.9. The Morgan fingerprint density at radius 2 is 2.31 bits per heavy atom. The van der Waals surface area contributed by atoms with Gasteiger partial charge in [-0.2, -0.15) is 5.26 Å². The average molecular weight is 216 g/mol. The van der Waals surface area contributed by atoms with Crippen molar-refractivity contribution in [2.75, 3.05) is 31.6 Å². The lowest BCUT2D eigenvalue weighted by molar-refractivity contribution is 0.233. The Kier molecular flexibility index (Phi) is 3.07. The van der Waals surface area contributed by atoms with Crippen molar-refractivity contribution in [3.8, 4) is 6.07 Å². The minimum atomic E-state index is 0.502. The molecule has 1 aromatic rings. The first-order valence-electron chi connectivity index (χ1n) is 5.52. The van der Waals surface area contributed by atoms with Crippen molar-refractivity contribution in [1.82, 2.24) is 9.88 Å². The van der Waals surface area contributed by atoms with Gasteiger partial charge in [0.15, 0.2) is 0 Å². The Hall–Kier alpha value is -1.60. The topological polar surface area (TPSA) is 43.2 Å². The Balaban J connectivity index is 2.22. The molecule has 1 aliphatic rings. The van der Waals surface area contributed by atoms with Crippen molar-refractivity contribution in [3.63, 3.8) is 0 Å². The molecule has 1 aromatic heterocycles. The van der Waals surface area contributed by atoms with Crippen LogP contribution in [0.1, 0.15) is 12.5 Å². The van der Waals surface area contributed by atoms with Gasteiger partial charge in [-0.25, -0.2) is 4.98 Å². The van der Waals surface area contributed by atoms with Crippen molar-refractivity contribution in [2.45, 2.75) is 13.0 Å². The predicted octanol–water partition coefficient (Wildman–Crippen LogP) is 1.09. The van der Waals surface area contributed by atoms with Gasteiger partial charge in [-0.1, -0.05) is 0 Å². The molecule has 1 fully saturated rings. The molecule has 16 heavy (non-hydrogen) atoms. The molecule has 0 aromatic carbocycles. The van der Waals surface area contributed by atoms with E-state index in [1.165, 1.54) is 0 Å². The van der Waals surface area contributed by atoms with Crippen LogP contribution in [0.3, 0.4) is 0 Å². The van der Waals surface area contributed by atoms with Crippen LogP contribution >= 0.6 is 0 Å². The third-order valence-electron chi connectivity index (χ3n) is 3.17. The van der Waals surface area contributed by atoms with E-state index in [1.807, 2.05) is 12.1 Å². The van der Waals surface area contributed by atoms with E-state index in [2.05, 4.69) is 34.8 Å². The molecule has 0 N–H and O–H groups in total. The summed E-state index contributed by atoms with van der Waals surface area (Å²) in [4.78, 5) is 8.84. The number of likely N-dealkylation sites (N-methyl/N-ethyl adjacent to an activating group) is 1. The van der Waals surface area contributed by atoms with Gasteiger partial charge in [-0.05, 0) is 26.1 Å². The van der Waals surface area contributed by atoms with Crippen molar-refractivity contribution in [1.29, 1.82) is 5.26 Å². The summed E-state index contributed by atoms with van der Waals surface area (Å²) < 4.78 is 0. The zero-order valence-corrected chi connectivity index (χ0v) is 9.72. The van der Waals surface area contributed by atoms with Crippen LogP contribution in [0.25, 0.3) is 0 Å². The van der Waals surface area contributed by atoms with Gasteiger partial charge in [0.25, 0.3) is 0 Å². The lowest BCUT2D eigenvalue weighted by Gasteiger charge is -2.38. The fourth-order valence-electron chi connectivity index (χ4n) is 1.98. The Labute approximate surface area is 96.1 Å². The standard InChI is InChI=1S/C12H16N4/c1-10-9-16(7-6-15(10)2)12-11(8-13)4-3-5-14-12/h3-5,10H,6-7,9H2,1-2H3. The fourth-order valence-corrected chi connectivity index (χ4v) is 1.98. The predicted molar refractivity (Wildman–Crippen MR) is 63.3 cm³/mol. The third-order valence-corrected chi connectivity index (χ3v) is 3.17. The average Bonchev–Trinajstić information content (AvgIpc) is 2.32. The molecular formula is C12H16N4. The number of aromatic nitrogens is 1. The monoisotopic (exact) mass is 216 g/mol. The second kappa shape index (κ2) is 4.50. The maximum Gasteiger partial charge on any atom is 0.146 e. The van der Waals surface area contributed by atoms with E-state index in [0.717, 1.165) is 25.5 Å². The Morgan fingerprint density at radius 3 is 3.00 bits per heavy atom. The second-order valence-corrected chi connectivity index (χ2v) is 4.26. The number of hydrogen-bond donors (Lipinski definition) is 0. The van der Waals surface area contributed by atoms with Crippen LogP contribution in [-0.4, -0.2) is 42.6 Å². The van der Waals surface area contributed by atoms with Gasteiger partial charge in [-0.3, -0.25) is 0 Å². The van der Waals surface area contributed by atoms with Crippen LogP contribution in [0.4, 0.5) is 5.82 Å². The van der Waals surface area contributed by atoms with E-state index in [4.69, 9.17) is 5.26 Å². The molecule has 0 bridgehead atoms. The van der Waals surface area contributed by atoms with Crippen LogP contribution in [0.5, 0.6) is 0 Å². The van der Waals surface area contributed by atoms with Crippen molar-refractivity contribution >= 4 is 5.82 Å². The number of anilines is 1. The highest BCUT2D eigenvalue weighted by Crippen LogP contribution is 2.19. The summed E-state index contributed by atoms with van der Waals surface area (Å²) in [7, 11) is 2.13. The van der Waals surface area contributed by atoms with E-state index in [9.17, 15) is 0 Å². The van der Waals surface area contributed by atoms with Gasteiger partial charge in [-0.15, -0.1) is 0 Å². The molecule has 1 saturated heterocycles. The SMILES string of the molecule is CC1CN(c2ncccc2C#N)CCN1C. The minimum absolute atomic E-state index is 0.502. The van der Waals surface area contributed by atoms with Crippen LogP contribution in [0, 0.1) is 11.3 Å². The van der Waals surface area contributed by atoms with Gasteiger partial charge >= 0.3 is 0 Å². The summed E-state index contributed by atoms with van der Waals surface area (Å²) >= 11 is 0. The molecular weight excluding hydrogens is 200 g/mol. The highest BCUT2D eigenvalue weighted by atomic mass is 15.3. The zero-order valence-electron chi connectivity index (χ0n) is 9.72. The first-order valence-corrected chi connectivity index (χ1v) is 5.52. The highest BCUT2D eigenvalue weighted by Gasteiger charge is 2.22. The minimum Gasteiger partial charge on any atom is -0.353 e. The maximum absolute atomic E-state index is 9.04. The smallest absolute Gasteiger partial charge is 0.146 e. The van der Waals surface area contributed by atoms with Crippen molar-refractivity contribution in [2.24, 2.45) is 0 Å². The Morgan fingerprint density at radius 1 is 1.50 bits per heavy atom. The number of piperazine rings is 1. The first-order chi connectivity index (χ1) is 7.72. The molecule has 0 amide bonds. The van der Waals surface area contributed by atoms with Crippen molar-refractivity contribution < 1.29 is 0 Å². The van der Waals surface area contributed by atoms with Crippen molar-refractivity contribution in [3.05, 3.63) is 23.9 Å². The van der Waals surface area contributed by atoms with E-state index < -0.39 is 0 Å². The molecule has 0 spiro atoms. The van der Waals surface area contributed by atoms with Crippen LogP contribution in [-0.2, 0) is 0 Å². The number of rotatable bonds is 1. The normalized spacial score (nSPS) is 21.8. The third kappa shape index (κ3) is 2.00. The van der Waals surface area contributed by atoms with Gasteiger partial charge < -0.3 is 9.80 Å². The molecule has 1 atom stereocenters. The molecule has 0 radical (unpaired) electrons. The largest absolute Gasteiger partial charge is 0.353 e. The maximum atomic E-state index is 9.04. The van der Waals surface area contributed by atoms with Gasteiger partial charge in [0.1, 0.15) is 11.9 Å². The molecule has 2 heterocycles. The molecule has 4 heteroatoms. The molecule has 4 nitrogen and oxygen atoms in total. The zero-order chi connectivity index (χ0) is 11.5. The summed E-state index contributed by atoms with van der Waals surface area (Å²) in [5.41, 5.74) is 0.666. The van der Waals surface area contributed by atoms with E-state index >= 15 is 0 Å². The molecule has 1 unspecified atom stereocenters. The number of nitriles is 1. The lowest BCUT2D eigenvalue weighted by atomic mass is 10.2. The molecule has 0 saturated carbocycles. The number of pyridine rings is 1. The van der Waals surface area contributed by atoms with E-state index in [1.54, 1.807) is 6.20 Å². The van der Waals surface area contributed by atoms with Gasteiger partial charge in [0.2, 0.25) is 0 Å². The second-order valence-electron chi connectivity index (χ2n) is 4.26. The summed E-state index contributed by atoms with van der Waals surface area (Å²) in [6, 6.07) is 6.34. The number of nitrogens with zero attached hydrogens (tertiary/aromatic N) is 4. The number of hydrogen-bond acceptors (Lipinski definition) is 4. The summed E-state index contributed by atoms with van der Waals surface area (Å²) in [6.45, 7) is 5.08. The van der Waals surface area contributed by atoms with E-state index in [-0.39, 0.29) is 0 Å². The Bertz CT molecular complexity index is 410. The van der Waals surface area contributed by atoms with Crippen LogP contribution in [0.15, 0.2) is 18.3 Å². The highest BCUT2D eigenvalue weighted by molar-refractivity contribution is 5.53. The lowest BCUT2D eigenvalue weighted by Crippen LogP contribution is -2.50. The molecule has 2 rings (SSSR count). The summed E-state index contributed by atoms with van der Waals surface area (Å²) in [5, 5.41) is 9.04. The van der Waals surface area contributed by atoms with Crippen LogP contribution < -0.4 is 4.90 Å². The molecule has 1 aliphatic heterocycles. The summed E-state index contributed by atoms with van der Waals surface area (Å²) in [5.74, 6) is 0.824. The quantitative estimate of drug-likeness (QED) is 0.705. The van der Waals surface area contributed by atoms with Crippen LogP contribution in [0.2, 0.25) is 0 Å². The van der Waals surface area contributed by atoms with Gasteiger partial charge in [0, 0.05) is 31.9 Å². The molecule has 0 aliphatic carbocycles. The summed E-state index contributed by atoms with van der Waals surface area (Å²) in [6.07, 6.45) is 1.75. The van der Waals surface area contributed by atoms with Gasteiger partial charge in [0.05, 0.1) is 5.56 Å². The molecule has 84 valence electrons. The fraction of sp³-hybridized carbons (Fsp3) is 0.500.